The van der Waals surface area contributed by atoms with Crippen LogP contribution in [0.15, 0.2) is 72.9 Å². The summed E-state index contributed by atoms with van der Waals surface area (Å²) in [6, 6.07) is 17.3. The lowest BCUT2D eigenvalue weighted by Crippen LogP contribution is -2.35. The first-order valence-corrected chi connectivity index (χ1v) is 11.3. The number of aromatic nitrogens is 2. The molecule has 0 aliphatic carbocycles. The van der Waals surface area contributed by atoms with Crippen molar-refractivity contribution in [2.75, 3.05) is 13.1 Å². The van der Waals surface area contributed by atoms with Gasteiger partial charge in [0.25, 0.3) is 0 Å². The average molecular weight is 481 g/mol. The predicted octanol–water partition coefficient (Wildman–Crippen LogP) is 5.92. The Morgan fingerprint density at radius 1 is 1.03 bits per heavy atom. The number of carbonyl (C=O) groups excluding carboxylic acids is 1. The molecule has 1 aromatic heterocycles. The number of benzene rings is 3. The van der Waals surface area contributed by atoms with Crippen LogP contribution in [0.3, 0.4) is 0 Å². The van der Waals surface area contributed by atoms with Crippen LogP contribution >= 0.6 is 0 Å². The summed E-state index contributed by atoms with van der Waals surface area (Å²) in [6.07, 6.45) is -1.44. The lowest BCUT2D eigenvalue weighted by molar-refractivity contribution is -0.137. The quantitative estimate of drug-likeness (QED) is 0.340. The molecule has 1 unspecified atom stereocenters. The fourth-order valence-corrected chi connectivity index (χ4v) is 4.98. The molecule has 35 heavy (non-hydrogen) atoms. The highest BCUT2D eigenvalue weighted by atomic mass is 19.4. The van der Waals surface area contributed by atoms with Gasteiger partial charge in [-0.05, 0) is 72.5 Å². The van der Waals surface area contributed by atoms with E-state index in [4.69, 9.17) is 0 Å². The third-order valence-corrected chi connectivity index (χ3v) is 6.87. The van der Waals surface area contributed by atoms with E-state index in [0.717, 1.165) is 39.8 Å². The van der Waals surface area contributed by atoms with Gasteiger partial charge in [0, 0.05) is 30.8 Å². The van der Waals surface area contributed by atoms with Crippen LogP contribution in [0.5, 0.6) is 0 Å². The molecule has 1 atom stereocenters. The SMILES string of the molecule is CC(=O)N1CCC(Cc2ccc(C(F)(F)F)cc2)(c2ccc3c(cnn3-c3ccc(F)cc3)c2)C1. The minimum absolute atomic E-state index is 0.0236. The number of nitrogens with zero attached hydrogens (tertiary/aromatic N) is 3. The van der Waals surface area contributed by atoms with Crippen molar-refractivity contribution in [3.05, 3.63) is 95.4 Å². The molecule has 0 radical (unpaired) electrons. The smallest absolute Gasteiger partial charge is 0.342 e. The van der Waals surface area contributed by atoms with Crippen LogP contribution in [0, 0.1) is 5.82 Å². The Kier molecular flexibility index (Phi) is 5.62. The highest BCUT2D eigenvalue weighted by Gasteiger charge is 2.41. The standard InChI is InChI=1S/C27H23F4N3O/c1-18(35)33-13-12-26(17-33,15-19-2-4-21(5-3-19)27(29,30)31)22-6-11-25-20(14-22)16-32-34(25)24-9-7-23(28)8-10-24/h2-11,14,16H,12-13,15,17H2,1H3. The van der Waals surface area contributed by atoms with E-state index in [9.17, 15) is 22.4 Å². The Bertz CT molecular complexity index is 1380. The van der Waals surface area contributed by atoms with E-state index >= 15 is 0 Å². The van der Waals surface area contributed by atoms with Crippen molar-refractivity contribution < 1.29 is 22.4 Å². The zero-order chi connectivity index (χ0) is 24.8. The van der Waals surface area contributed by atoms with Crippen molar-refractivity contribution >= 4 is 16.8 Å². The molecule has 1 amide bonds. The van der Waals surface area contributed by atoms with Gasteiger partial charge in [-0.1, -0.05) is 18.2 Å². The fraction of sp³-hybridized carbons (Fsp3) is 0.259. The van der Waals surface area contributed by atoms with Crippen LogP contribution in [-0.2, 0) is 22.8 Å². The second-order valence-electron chi connectivity index (χ2n) is 9.15. The number of carbonyl (C=O) groups is 1. The molecule has 1 aliphatic rings. The molecule has 0 N–H and O–H groups in total. The minimum Gasteiger partial charge on any atom is -0.342 e. The maximum absolute atomic E-state index is 13.3. The van der Waals surface area contributed by atoms with Gasteiger partial charge in [-0.3, -0.25) is 4.79 Å². The molecular formula is C27H23F4N3O. The van der Waals surface area contributed by atoms with E-state index in [0.29, 0.717) is 25.9 Å². The zero-order valence-corrected chi connectivity index (χ0v) is 19.0. The van der Waals surface area contributed by atoms with Crippen LogP contribution in [0.4, 0.5) is 17.6 Å². The van der Waals surface area contributed by atoms with Crippen molar-refractivity contribution in [1.29, 1.82) is 0 Å². The van der Waals surface area contributed by atoms with Gasteiger partial charge in [0.05, 0.1) is 23.0 Å². The van der Waals surface area contributed by atoms with Crippen molar-refractivity contribution in [3.63, 3.8) is 0 Å². The third kappa shape index (κ3) is 4.40. The van der Waals surface area contributed by atoms with Crippen molar-refractivity contribution in [2.45, 2.75) is 31.4 Å². The molecule has 180 valence electrons. The monoisotopic (exact) mass is 481 g/mol. The van der Waals surface area contributed by atoms with Crippen molar-refractivity contribution in [3.8, 4) is 5.69 Å². The molecule has 3 aromatic carbocycles. The van der Waals surface area contributed by atoms with Gasteiger partial charge in [0.1, 0.15) is 5.82 Å². The zero-order valence-electron chi connectivity index (χ0n) is 19.0. The molecule has 5 rings (SSSR count). The van der Waals surface area contributed by atoms with Crippen LogP contribution in [-0.4, -0.2) is 33.7 Å². The van der Waals surface area contributed by atoms with E-state index in [2.05, 4.69) is 5.10 Å². The number of fused-ring (bicyclic) bond motifs is 1. The summed E-state index contributed by atoms with van der Waals surface area (Å²) in [5.41, 5.74) is 2.26. The topological polar surface area (TPSA) is 38.1 Å². The molecule has 1 aliphatic heterocycles. The third-order valence-electron chi connectivity index (χ3n) is 6.87. The fourth-order valence-electron chi connectivity index (χ4n) is 4.98. The summed E-state index contributed by atoms with van der Waals surface area (Å²) >= 11 is 0. The lowest BCUT2D eigenvalue weighted by Gasteiger charge is -2.30. The van der Waals surface area contributed by atoms with Gasteiger partial charge >= 0.3 is 6.18 Å². The van der Waals surface area contributed by atoms with Gasteiger partial charge in [0.15, 0.2) is 0 Å². The Hall–Kier alpha value is -3.68. The molecule has 8 heteroatoms. The molecule has 0 saturated carbocycles. The minimum atomic E-state index is -4.38. The molecule has 0 bridgehead atoms. The van der Waals surface area contributed by atoms with Crippen molar-refractivity contribution in [1.82, 2.24) is 14.7 Å². The van der Waals surface area contributed by atoms with Gasteiger partial charge in [-0.15, -0.1) is 0 Å². The van der Waals surface area contributed by atoms with Crippen LogP contribution in [0.25, 0.3) is 16.6 Å². The summed E-state index contributed by atoms with van der Waals surface area (Å²) in [5.74, 6) is -0.349. The van der Waals surface area contributed by atoms with Gasteiger partial charge in [0.2, 0.25) is 5.91 Å². The first-order chi connectivity index (χ1) is 16.6. The van der Waals surface area contributed by atoms with E-state index in [1.54, 1.807) is 27.9 Å². The normalized spacial score (nSPS) is 18.4. The molecule has 4 nitrogen and oxygen atoms in total. The van der Waals surface area contributed by atoms with Gasteiger partial charge in [-0.2, -0.15) is 18.3 Å². The van der Waals surface area contributed by atoms with Gasteiger partial charge in [-0.25, -0.2) is 9.07 Å². The second kappa shape index (κ2) is 8.52. The molecule has 1 saturated heterocycles. The Morgan fingerprint density at radius 3 is 2.37 bits per heavy atom. The largest absolute Gasteiger partial charge is 0.416 e. The van der Waals surface area contributed by atoms with E-state index in [-0.39, 0.29) is 11.7 Å². The highest BCUT2D eigenvalue weighted by molar-refractivity contribution is 5.81. The summed E-state index contributed by atoms with van der Waals surface area (Å²) < 4.78 is 54.2. The summed E-state index contributed by atoms with van der Waals surface area (Å²) in [5, 5.41) is 5.36. The molecule has 1 fully saturated rings. The Balaban J connectivity index is 1.52. The first-order valence-electron chi connectivity index (χ1n) is 11.3. The number of likely N-dealkylation sites (tertiary alicyclic amines) is 1. The molecule has 4 aromatic rings. The molecule has 0 spiro atoms. The average Bonchev–Trinajstić information content (AvgIpc) is 3.44. The van der Waals surface area contributed by atoms with Crippen molar-refractivity contribution in [2.24, 2.45) is 0 Å². The predicted molar refractivity (Wildman–Crippen MR) is 125 cm³/mol. The van der Waals surface area contributed by atoms with E-state index in [1.165, 1.54) is 31.2 Å². The number of rotatable bonds is 4. The number of alkyl halides is 3. The van der Waals surface area contributed by atoms with Crippen LogP contribution in [0.2, 0.25) is 0 Å². The first kappa shape index (κ1) is 23.1. The van der Waals surface area contributed by atoms with E-state index in [1.807, 2.05) is 18.2 Å². The Labute approximate surface area is 199 Å². The Morgan fingerprint density at radius 2 is 1.74 bits per heavy atom. The lowest BCUT2D eigenvalue weighted by atomic mass is 9.74. The number of halogens is 4. The van der Waals surface area contributed by atoms with Crippen LogP contribution in [0.1, 0.15) is 30.0 Å². The number of hydrogen-bond acceptors (Lipinski definition) is 2. The maximum atomic E-state index is 13.3. The highest BCUT2D eigenvalue weighted by Crippen LogP contribution is 2.40. The second-order valence-corrected chi connectivity index (χ2v) is 9.15. The molecule has 2 heterocycles. The summed E-state index contributed by atoms with van der Waals surface area (Å²) in [7, 11) is 0. The maximum Gasteiger partial charge on any atom is 0.416 e. The van der Waals surface area contributed by atoms with E-state index < -0.39 is 17.2 Å². The van der Waals surface area contributed by atoms with Gasteiger partial charge < -0.3 is 4.90 Å². The molecular weight excluding hydrogens is 458 g/mol. The number of hydrogen-bond donors (Lipinski definition) is 0. The number of amides is 1. The summed E-state index contributed by atoms with van der Waals surface area (Å²) in [4.78, 5) is 13.9. The summed E-state index contributed by atoms with van der Waals surface area (Å²) in [6.45, 7) is 2.61. The van der Waals surface area contributed by atoms with Crippen LogP contribution < -0.4 is 0 Å².